The van der Waals surface area contributed by atoms with Gasteiger partial charge in [0.2, 0.25) is 0 Å². The predicted molar refractivity (Wildman–Crippen MR) is 100 cm³/mol. The van der Waals surface area contributed by atoms with Crippen LogP contribution in [0.1, 0.15) is 59.6 Å². The molecule has 0 radical (unpaired) electrons. The van der Waals surface area contributed by atoms with E-state index in [0.29, 0.717) is 13.1 Å². The Morgan fingerprint density at radius 3 is 2.42 bits per heavy atom. The third kappa shape index (κ3) is 3.60. The number of rotatable bonds is 1. The van der Waals surface area contributed by atoms with Crippen LogP contribution in [0, 0.1) is 0 Å². The summed E-state index contributed by atoms with van der Waals surface area (Å²) in [4.78, 5) is 18.8. The van der Waals surface area contributed by atoms with Crippen molar-refractivity contribution < 1.29 is 18.8 Å². The van der Waals surface area contributed by atoms with Crippen molar-refractivity contribution in [2.24, 2.45) is 0 Å². The maximum absolute atomic E-state index is 12.5. The Labute approximate surface area is 156 Å². The van der Waals surface area contributed by atoms with Gasteiger partial charge in [0.05, 0.1) is 23.3 Å². The lowest BCUT2D eigenvalue weighted by molar-refractivity contribution is 0.00578. The summed E-state index contributed by atoms with van der Waals surface area (Å²) >= 11 is 0. The van der Waals surface area contributed by atoms with Crippen LogP contribution in [0.4, 0.5) is 4.79 Å². The fourth-order valence-electron chi connectivity index (χ4n) is 3.13. The van der Waals surface area contributed by atoms with E-state index >= 15 is 0 Å². The second-order valence-corrected chi connectivity index (χ2v) is 9.07. The average molecular weight is 360 g/mol. The molecule has 26 heavy (non-hydrogen) atoms. The monoisotopic (exact) mass is 360 g/mol. The van der Waals surface area contributed by atoms with Gasteiger partial charge in [0.1, 0.15) is 5.60 Å². The lowest BCUT2D eigenvalue weighted by Crippen LogP contribution is -2.46. The molecular formula is C19H29BN2O4. The number of nitrogens with zero attached hydrogens (tertiary/aromatic N) is 2. The normalized spacial score (nSPS) is 21.5. The molecule has 0 atom stereocenters. The van der Waals surface area contributed by atoms with E-state index in [1.165, 1.54) is 5.56 Å². The van der Waals surface area contributed by atoms with Gasteiger partial charge in [0.25, 0.3) is 0 Å². The molecule has 3 rings (SSSR count). The highest BCUT2D eigenvalue weighted by Crippen LogP contribution is 2.37. The highest BCUT2D eigenvalue weighted by atomic mass is 16.7. The van der Waals surface area contributed by atoms with Crippen LogP contribution in [0.3, 0.4) is 0 Å². The van der Waals surface area contributed by atoms with Gasteiger partial charge in [-0.3, -0.25) is 4.98 Å². The summed E-state index contributed by atoms with van der Waals surface area (Å²) in [6.45, 7) is 14.8. The molecule has 0 N–H and O–H groups in total. The van der Waals surface area contributed by atoms with E-state index in [1.54, 1.807) is 11.1 Å². The molecule has 0 aromatic carbocycles. The minimum absolute atomic E-state index is 0.299. The number of carbonyl (C=O) groups excluding carboxylic acids is 1. The zero-order chi connectivity index (χ0) is 19.3. The van der Waals surface area contributed by atoms with Crippen molar-refractivity contribution in [1.29, 1.82) is 0 Å². The van der Waals surface area contributed by atoms with Gasteiger partial charge in [-0.15, -0.1) is 0 Å². The SMILES string of the molecule is CC(C)(C)OC(=O)N1CCc2ccnc(B3OC(C)(C)C(C)(C)O3)c2C1. The second-order valence-electron chi connectivity index (χ2n) is 9.07. The number of carbonyl (C=O) groups is 1. The quantitative estimate of drug-likeness (QED) is 0.721. The zero-order valence-corrected chi connectivity index (χ0v) is 16.9. The van der Waals surface area contributed by atoms with Gasteiger partial charge in [0, 0.05) is 12.7 Å². The Balaban J connectivity index is 1.86. The molecule has 0 bridgehead atoms. The highest BCUT2D eigenvalue weighted by Gasteiger charge is 2.53. The van der Waals surface area contributed by atoms with Gasteiger partial charge in [-0.25, -0.2) is 4.79 Å². The molecule has 1 fully saturated rings. The van der Waals surface area contributed by atoms with Crippen molar-refractivity contribution in [3.05, 3.63) is 23.4 Å². The molecule has 0 spiro atoms. The molecule has 2 aliphatic heterocycles. The van der Waals surface area contributed by atoms with Gasteiger partial charge in [-0.1, -0.05) is 0 Å². The van der Waals surface area contributed by atoms with Gasteiger partial charge < -0.3 is 18.9 Å². The molecule has 1 aromatic rings. The first-order chi connectivity index (χ1) is 11.9. The Morgan fingerprint density at radius 1 is 1.23 bits per heavy atom. The first-order valence-corrected chi connectivity index (χ1v) is 9.20. The third-order valence-electron chi connectivity index (χ3n) is 5.31. The highest BCUT2D eigenvalue weighted by molar-refractivity contribution is 6.61. The molecule has 7 heteroatoms. The van der Waals surface area contributed by atoms with Crippen LogP contribution in [-0.4, -0.2) is 46.4 Å². The minimum Gasteiger partial charge on any atom is -0.444 e. The lowest BCUT2D eigenvalue weighted by Gasteiger charge is -2.32. The molecule has 3 heterocycles. The molecule has 2 aliphatic rings. The van der Waals surface area contributed by atoms with Gasteiger partial charge >= 0.3 is 13.2 Å². The Bertz CT molecular complexity index is 696. The second kappa shape index (κ2) is 6.24. The van der Waals surface area contributed by atoms with Crippen LogP contribution in [0.5, 0.6) is 0 Å². The summed E-state index contributed by atoms with van der Waals surface area (Å²) in [6.07, 6.45) is 2.26. The fraction of sp³-hybridized carbons (Fsp3) is 0.684. The van der Waals surface area contributed by atoms with Crippen molar-refractivity contribution in [3.63, 3.8) is 0 Å². The molecule has 0 unspecified atom stereocenters. The third-order valence-corrected chi connectivity index (χ3v) is 5.31. The van der Waals surface area contributed by atoms with E-state index in [4.69, 9.17) is 14.0 Å². The summed E-state index contributed by atoms with van der Waals surface area (Å²) in [7, 11) is -0.534. The summed E-state index contributed by atoms with van der Waals surface area (Å²) in [6, 6.07) is 2.01. The molecule has 1 aromatic heterocycles. The maximum Gasteiger partial charge on any atom is 0.514 e. The lowest BCUT2D eigenvalue weighted by atomic mass is 9.78. The molecule has 1 saturated heterocycles. The summed E-state index contributed by atoms with van der Waals surface area (Å²) < 4.78 is 17.9. The van der Waals surface area contributed by atoms with Crippen LogP contribution in [0.15, 0.2) is 12.3 Å². The van der Waals surface area contributed by atoms with Crippen molar-refractivity contribution in [2.45, 2.75) is 78.2 Å². The summed E-state index contributed by atoms with van der Waals surface area (Å²) in [5, 5.41) is 0. The fourth-order valence-corrected chi connectivity index (χ4v) is 3.13. The van der Waals surface area contributed by atoms with E-state index in [9.17, 15) is 4.79 Å². The predicted octanol–water partition coefficient (Wildman–Crippen LogP) is 2.67. The Hall–Kier alpha value is -1.60. The van der Waals surface area contributed by atoms with E-state index < -0.39 is 23.9 Å². The zero-order valence-electron chi connectivity index (χ0n) is 16.9. The molecular weight excluding hydrogens is 331 g/mol. The minimum atomic E-state index is -0.534. The number of pyridine rings is 1. The molecule has 142 valence electrons. The van der Waals surface area contributed by atoms with Gasteiger partial charge in [-0.2, -0.15) is 0 Å². The molecule has 0 saturated carbocycles. The number of aromatic nitrogens is 1. The average Bonchev–Trinajstić information content (AvgIpc) is 2.72. The van der Waals surface area contributed by atoms with Crippen LogP contribution >= 0.6 is 0 Å². The Morgan fingerprint density at radius 2 is 1.85 bits per heavy atom. The van der Waals surface area contributed by atoms with Gasteiger partial charge in [0.15, 0.2) is 0 Å². The molecule has 6 nitrogen and oxygen atoms in total. The van der Waals surface area contributed by atoms with Crippen molar-refractivity contribution in [1.82, 2.24) is 9.88 Å². The summed E-state index contributed by atoms with van der Waals surface area (Å²) in [5.41, 5.74) is 1.58. The molecule has 0 aliphatic carbocycles. The Kier molecular flexibility index (Phi) is 4.60. The standard InChI is InChI=1S/C19H29BN2O4/c1-17(2,3)24-16(23)22-11-9-13-8-10-21-15(14(13)12-22)20-25-18(4,5)19(6,7)26-20/h8,10H,9,11-12H2,1-7H3. The van der Waals surface area contributed by atoms with E-state index in [2.05, 4.69) is 4.98 Å². The van der Waals surface area contributed by atoms with Crippen LogP contribution in [-0.2, 0) is 27.0 Å². The first kappa shape index (κ1) is 19.2. The first-order valence-electron chi connectivity index (χ1n) is 9.20. The van der Waals surface area contributed by atoms with Crippen LogP contribution in [0.25, 0.3) is 0 Å². The van der Waals surface area contributed by atoms with Gasteiger partial charge in [-0.05, 0) is 72.1 Å². The maximum atomic E-state index is 12.5. The largest absolute Gasteiger partial charge is 0.514 e. The topological polar surface area (TPSA) is 60.9 Å². The van der Waals surface area contributed by atoms with E-state index in [-0.39, 0.29) is 6.09 Å². The van der Waals surface area contributed by atoms with E-state index in [0.717, 1.165) is 17.6 Å². The number of fused-ring (bicyclic) bond motifs is 1. The summed E-state index contributed by atoms with van der Waals surface area (Å²) in [5.74, 6) is 0. The number of amides is 1. The number of hydrogen-bond donors (Lipinski definition) is 0. The smallest absolute Gasteiger partial charge is 0.444 e. The number of hydrogen-bond acceptors (Lipinski definition) is 5. The molecule has 1 amide bonds. The van der Waals surface area contributed by atoms with Crippen molar-refractivity contribution in [3.8, 4) is 0 Å². The van der Waals surface area contributed by atoms with E-state index in [1.807, 2.05) is 54.5 Å². The van der Waals surface area contributed by atoms with Crippen LogP contribution < -0.4 is 5.59 Å². The van der Waals surface area contributed by atoms with Crippen molar-refractivity contribution in [2.75, 3.05) is 6.54 Å². The number of ether oxygens (including phenoxy) is 1. The van der Waals surface area contributed by atoms with Crippen molar-refractivity contribution >= 4 is 18.8 Å². The van der Waals surface area contributed by atoms with Crippen LogP contribution in [0.2, 0.25) is 0 Å².